The second-order valence-corrected chi connectivity index (χ2v) is 5.57. The van der Waals surface area contributed by atoms with Gasteiger partial charge in [0.25, 0.3) is 0 Å². The van der Waals surface area contributed by atoms with E-state index in [0.29, 0.717) is 0 Å². The first-order valence-electron chi connectivity index (χ1n) is 7.54. The van der Waals surface area contributed by atoms with Gasteiger partial charge in [-0.05, 0) is 36.4 Å². The van der Waals surface area contributed by atoms with Crippen LogP contribution < -0.4 is 10.6 Å². The molecule has 2 aromatic carbocycles. The number of amides is 2. The zero-order chi connectivity index (χ0) is 20.0. The third kappa shape index (κ3) is 5.05. The first kappa shape index (κ1) is 19.9. The van der Waals surface area contributed by atoms with Crippen LogP contribution in [0.4, 0.5) is 11.4 Å². The van der Waals surface area contributed by atoms with E-state index in [0.717, 1.165) is 0 Å². The lowest BCUT2D eigenvalue weighted by atomic mass is 10.2. The highest BCUT2D eigenvalue weighted by molar-refractivity contribution is 6.44. The minimum Gasteiger partial charge on any atom is -0.465 e. The van der Waals surface area contributed by atoms with Gasteiger partial charge < -0.3 is 20.1 Å². The molecule has 27 heavy (non-hydrogen) atoms. The number of benzene rings is 2. The van der Waals surface area contributed by atoms with Gasteiger partial charge in [-0.1, -0.05) is 17.7 Å². The van der Waals surface area contributed by atoms with Crippen molar-refractivity contribution in [3.8, 4) is 0 Å². The van der Waals surface area contributed by atoms with E-state index >= 15 is 0 Å². The van der Waals surface area contributed by atoms with Crippen molar-refractivity contribution in [3.63, 3.8) is 0 Å². The summed E-state index contributed by atoms with van der Waals surface area (Å²) in [5, 5.41) is 4.81. The van der Waals surface area contributed by atoms with E-state index in [2.05, 4.69) is 20.1 Å². The summed E-state index contributed by atoms with van der Waals surface area (Å²) in [7, 11) is 2.44. The molecule has 8 nitrogen and oxygen atoms in total. The Labute approximate surface area is 159 Å². The molecule has 0 aromatic heterocycles. The van der Waals surface area contributed by atoms with E-state index in [4.69, 9.17) is 11.6 Å². The molecule has 0 aliphatic carbocycles. The third-order valence-corrected chi connectivity index (χ3v) is 3.71. The summed E-state index contributed by atoms with van der Waals surface area (Å²) in [6.07, 6.45) is 0. The predicted molar refractivity (Wildman–Crippen MR) is 97.8 cm³/mol. The van der Waals surface area contributed by atoms with Crippen LogP contribution in [0.1, 0.15) is 20.7 Å². The Balaban J connectivity index is 2.11. The van der Waals surface area contributed by atoms with Crippen LogP contribution in [0.3, 0.4) is 0 Å². The molecule has 2 rings (SSSR count). The summed E-state index contributed by atoms with van der Waals surface area (Å²) in [6, 6.07) is 9.99. The Morgan fingerprint density at radius 3 is 2.04 bits per heavy atom. The zero-order valence-electron chi connectivity index (χ0n) is 14.4. The average molecular weight is 391 g/mol. The van der Waals surface area contributed by atoms with Gasteiger partial charge in [0, 0.05) is 5.69 Å². The highest BCUT2D eigenvalue weighted by Gasteiger charge is 2.17. The van der Waals surface area contributed by atoms with Crippen LogP contribution in [-0.2, 0) is 19.1 Å². The van der Waals surface area contributed by atoms with E-state index in [9.17, 15) is 19.2 Å². The van der Waals surface area contributed by atoms with Gasteiger partial charge in [-0.15, -0.1) is 0 Å². The first-order valence-corrected chi connectivity index (χ1v) is 7.92. The number of ether oxygens (including phenoxy) is 2. The second kappa shape index (κ2) is 8.81. The summed E-state index contributed by atoms with van der Waals surface area (Å²) in [5.41, 5.74) is 0.670. The quantitative estimate of drug-likeness (QED) is 0.613. The van der Waals surface area contributed by atoms with Crippen molar-refractivity contribution in [1.29, 1.82) is 0 Å². The van der Waals surface area contributed by atoms with Gasteiger partial charge in [0.15, 0.2) is 0 Å². The molecule has 0 fully saturated rings. The standard InChI is InChI=1S/C18H15ClN2O6/c1-26-17(24)10-4-3-5-12(8-10)20-15(22)16(23)21-14-9-11(18(25)27-2)6-7-13(14)19/h3-9H,1-2H3,(H,20,22)(H,21,23). The van der Waals surface area contributed by atoms with E-state index in [-0.39, 0.29) is 27.5 Å². The molecule has 0 saturated carbocycles. The summed E-state index contributed by atoms with van der Waals surface area (Å²) < 4.78 is 9.18. The predicted octanol–water partition coefficient (Wildman–Crippen LogP) is 2.49. The fourth-order valence-electron chi connectivity index (χ4n) is 2.07. The molecule has 0 spiro atoms. The minimum absolute atomic E-state index is 0.0722. The number of hydrogen-bond donors (Lipinski definition) is 2. The summed E-state index contributed by atoms with van der Waals surface area (Å²) in [4.78, 5) is 47.2. The largest absolute Gasteiger partial charge is 0.465 e. The van der Waals surface area contributed by atoms with Gasteiger partial charge >= 0.3 is 23.8 Å². The second-order valence-electron chi connectivity index (χ2n) is 5.17. The molecule has 0 heterocycles. The van der Waals surface area contributed by atoms with Crippen LogP contribution >= 0.6 is 11.6 Å². The summed E-state index contributed by atoms with van der Waals surface area (Å²) >= 11 is 5.97. The number of carbonyl (C=O) groups is 4. The van der Waals surface area contributed by atoms with Crippen LogP contribution in [0.5, 0.6) is 0 Å². The molecule has 2 aromatic rings. The van der Waals surface area contributed by atoms with Gasteiger partial charge in [-0.25, -0.2) is 9.59 Å². The molecule has 0 saturated heterocycles. The molecular formula is C18H15ClN2O6. The van der Waals surface area contributed by atoms with Crippen molar-refractivity contribution in [2.45, 2.75) is 0 Å². The Morgan fingerprint density at radius 1 is 0.815 bits per heavy atom. The molecular weight excluding hydrogens is 376 g/mol. The van der Waals surface area contributed by atoms with Crippen molar-refractivity contribution in [2.24, 2.45) is 0 Å². The molecule has 140 valence electrons. The Hall–Kier alpha value is -3.39. The van der Waals surface area contributed by atoms with Gasteiger partial charge in [0.1, 0.15) is 0 Å². The third-order valence-electron chi connectivity index (χ3n) is 3.38. The molecule has 0 unspecified atom stereocenters. The lowest BCUT2D eigenvalue weighted by Gasteiger charge is -2.10. The van der Waals surface area contributed by atoms with Crippen molar-refractivity contribution in [3.05, 3.63) is 58.6 Å². The Bertz CT molecular complexity index is 912. The van der Waals surface area contributed by atoms with Gasteiger partial charge in [0.05, 0.1) is 36.1 Å². The average Bonchev–Trinajstić information content (AvgIpc) is 2.68. The Kier molecular flexibility index (Phi) is 6.51. The topological polar surface area (TPSA) is 111 Å². The van der Waals surface area contributed by atoms with E-state index in [1.165, 1.54) is 56.7 Å². The van der Waals surface area contributed by atoms with E-state index in [1.54, 1.807) is 0 Å². The molecule has 2 N–H and O–H groups in total. The maximum absolute atomic E-state index is 12.1. The highest BCUT2D eigenvalue weighted by Crippen LogP contribution is 2.23. The summed E-state index contributed by atoms with van der Waals surface area (Å²) in [5.74, 6) is -3.20. The van der Waals surface area contributed by atoms with Crippen LogP contribution in [0.25, 0.3) is 0 Å². The lowest BCUT2D eigenvalue weighted by molar-refractivity contribution is -0.132. The molecule has 0 atom stereocenters. The fourth-order valence-corrected chi connectivity index (χ4v) is 2.24. The molecule has 0 bridgehead atoms. The number of nitrogens with one attached hydrogen (secondary N) is 2. The molecule has 9 heteroatoms. The van der Waals surface area contributed by atoms with Crippen LogP contribution in [-0.4, -0.2) is 38.0 Å². The van der Waals surface area contributed by atoms with E-state index in [1.807, 2.05) is 0 Å². The van der Waals surface area contributed by atoms with Crippen molar-refractivity contribution < 1.29 is 28.7 Å². The van der Waals surface area contributed by atoms with E-state index < -0.39 is 23.8 Å². The van der Waals surface area contributed by atoms with Gasteiger partial charge in [0.2, 0.25) is 0 Å². The van der Waals surface area contributed by atoms with Crippen molar-refractivity contribution in [1.82, 2.24) is 0 Å². The summed E-state index contributed by atoms with van der Waals surface area (Å²) in [6.45, 7) is 0. The molecule has 2 amide bonds. The zero-order valence-corrected chi connectivity index (χ0v) is 15.1. The van der Waals surface area contributed by atoms with Crippen molar-refractivity contribution in [2.75, 3.05) is 24.9 Å². The molecule has 0 aliphatic heterocycles. The first-order chi connectivity index (χ1) is 12.8. The normalized spacial score (nSPS) is 9.89. The monoisotopic (exact) mass is 390 g/mol. The highest BCUT2D eigenvalue weighted by atomic mass is 35.5. The SMILES string of the molecule is COC(=O)c1cccc(NC(=O)C(=O)Nc2cc(C(=O)OC)ccc2Cl)c1. The number of methoxy groups -OCH3 is 2. The number of rotatable bonds is 4. The molecule has 0 aliphatic rings. The number of hydrogen-bond acceptors (Lipinski definition) is 6. The molecule has 0 radical (unpaired) electrons. The van der Waals surface area contributed by atoms with Gasteiger partial charge in [-0.2, -0.15) is 0 Å². The Morgan fingerprint density at radius 2 is 1.41 bits per heavy atom. The van der Waals surface area contributed by atoms with Crippen LogP contribution in [0, 0.1) is 0 Å². The number of esters is 2. The number of anilines is 2. The maximum Gasteiger partial charge on any atom is 0.337 e. The fraction of sp³-hybridized carbons (Fsp3) is 0.111. The number of halogens is 1. The van der Waals surface area contributed by atoms with Crippen LogP contribution in [0.2, 0.25) is 5.02 Å². The smallest absolute Gasteiger partial charge is 0.337 e. The lowest BCUT2D eigenvalue weighted by Crippen LogP contribution is -2.29. The van der Waals surface area contributed by atoms with Crippen LogP contribution in [0.15, 0.2) is 42.5 Å². The minimum atomic E-state index is -1.01. The van der Waals surface area contributed by atoms with Gasteiger partial charge in [-0.3, -0.25) is 9.59 Å². The maximum atomic E-state index is 12.1. The number of carbonyl (C=O) groups excluding carboxylic acids is 4. The van der Waals surface area contributed by atoms with Crippen molar-refractivity contribution >= 4 is 46.7 Å².